The summed E-state index contributed by atoms with van der Waals surface area (Å²) in [7, 11) is -4.13. The Morgan fingerprint density at radius 3 is 2.19 bits per heavy atom. The lowest BCUT2D eigenvalue weighted by Gasteiger charge is -2.44. The maximum Gasteiger partial charge on any atom is 0.193 e. The second-order valence-corrected chi connectivity index (χ2v) is 21.8. The van der Waals surface area contributed by atoms with Crippen molar-refractivity contribution in [2.75, 3.05) is 5.73 Å². The van der Waals surface area contributed by atoms with Crippen LogP contribution in [0.25, 0.3) is 11.2 Å². The van der Waals surface area contributed by atoms with Crippen molar-refractivity contribution in [3.8, 4) is 0 Å². The second kappa shape index (κ2) is 7.33. The average molecular weight is 478 g/mol. The van der Waals surface area contributed by atoms with Crippen molar-refractivity contribution in [1.29, 1.82) is 0 Å². The van der Waals surface area contributed by atoms with Gasteiger partial charge in [-0.2, -0.15) is 0 Å². The molecule has 0 spiro atoms. The molecule has 32 heavy (non-hydrogen) atoms. The fourth-order valence-corrected chi connectivity index (χ4v) is 6.52. The highest BCUT2D eigenvalue weighted by Crippen LogP contribution is 2.51. The van der Waals surface area contributed by atoms with E-state index in [-0.39, 0.29) is 34.6 Å². The summed E-state index contributed by atoms with van der Waals surface area (Å²) < 4.78 is 22.5. The van der Waals surface area contributed by atoms with E-state index in [9.17, 15) is 0 Å². The van der Waals surface area contributed by atoms with Crippen molar-refractivity contribution in [1.82, 2.24) is 19.5 Å². The first-order valence-electron chi connectivity index (χ1n) is 11.5. The largest absolute Gasteiger partial charge is 0.411 e. The molecule has 1 saturated heterocycles. The third-order valence-corrected chi connectivity index (χ3v) is 16.9. The molecule has 1 fully saturated rings. The standard InChI is InChI=1S/C22H39N5O3Si2/c1-21(2,3)31(7,8)29-13-11-14-27-19-15(18(23)24-12-25-19)26-20(27)17(16(13)28-14)30-32(9,10)22(4,5)6/h12-14,16-17H,11H2,1-10H3,(H2,23,24,25)/t13-,14+,16-,17+/m0/s1. The van der Waals surface area contributed by atoms with Gasteiger partial charge in [0.25, 0.3) is 0 Å². The van der Waals surface area contributed by atoms with Crippen LogP contribution in [0.1, 0.15) is 66.1 Å². The molecule has 0 aliphatic carbocycles. The Hall–Kier alpha value is -1.34. The molecule has 2 aliphatic heterocycles. The minimum absolute atomic E-state index is 0.0494. The summed E-state index contributed by atoms with van der Waals surface area (Å²) in [6.45, 7) is 22.7. The van der Waals surface area contributed by atoms with Gasteiger partial charge in [0.2, 0.25) is 0 Å². The number of fused-ring (bicyclic) bond motifs is 6. The first-order valence-corrected chi connectivity index (χ1v) is 17.3. The Morgan fingerprint density at radius 1 is 1.00 bits per heavy atom. The van der Waals surface area contributed by atoms with Crippen molar-refractivity contribution in [3.63, 3.8) is 0 Å². The number of hydrogen-bond donors (Lipinski definition) is 1. The highest BCUT2D eigenvalue weighted by atomic mass is 28.4. The molecule has 2 N–H and O–H groups in total. The lowest BCUT2D eigenvalue weighted by atomic mass is 10.1. The van der Waals surface area contributed by atoms with E-state index in [1.54, 1.807) is 0 Å². The summed E-state index contributed by atoms with van der Waals surface area (Å²) in [4.78, 5) is 13.6. The van der Waals surface area contributed by atoms with Crippen LogP contribution in [0, 0.1) is 0 Å². The lowest BCUT2D eigenvalue weighted by Crippen LogP contribution is -2.50. The Labute approximate surface area is 193 Å². The molecular formula is C22H39N5O3Si2. The molecule has 0 aromatic carbocycles. The van der Waals surface area contributed by atoms with Crippen molar-refractivity contribution in [3.05, 3.63) is 12.2 Å². The van der Waals surface area contributed by atoms with Gasteiger partial charge in [-0.05, 0) is 36.3 Å². The molecule has 178 valence electrons. The number of hydrogen-bond acceptors (Lipinski definition) is 7. The van der Waals surface area contributed by atoms with Gasteiger partial charge >= 0.3 is 0 Å². The van der Waals surface area contributed by atoms with Crippen LogP contribution in [0.5, 0.6) is 0 Å². The van der Waals surface area contributed by atoms with Crippen molar-refractivity contribution >= 4 is 33.6 Å². The number of aromatic nitrogens is 4. The smallest absolute Gasteiger partial charge is 0.193 e. The van der Waals surface area contributed by atoms with Gasteiger partial charge in [-0.1, -0.05) is 41.5 Å². The molecule has 0 saturated carbocycles. The Morgan fingerprint density at radius 2 is 1.59 bits per heavy atom. The number of nitrogens with two attached hydrogens (primary N) is 1. The number of imidazole rings is 1. The molecule has 0 amide bonds. The van der Waals surface area contributed by atoms with Crippen LogP contribution in [0.2, 0.25) is 36.3 Å². The summed E-state index contributed by atoms with van der Waals surface area (Å²) in [6.07, 6.45) is 1.45. The monoisotopic (exact) mass is 477 g/mol. The van der Waals surface area contributed by atoms with E-state index in [4.69, 9.17) is 24.3 Å². The first-order chi connectivity index (χ1) is 14.5. The van der Waals surface area contributed by atoms with Crippen LogP contribution in [0.4, 0.5) is 5.82 Å². The molecule has 0 unspecified atom stereocenters. The molecule has 2 aliphatic rings. The Kier molecular flexibility index (Phi) is 5.45. The quantitative estimate of drug-likeness (QED) is 0.607. The van der Waals surface area contributed by atoms with Gasteiger partial charge in [0.1, 0.15) is 30.6 Å². The highest BCUT2D eigenvalue weighted by Gasteiger charge is 2.55. The minimum atomic E-state index is -2.13. The molecule has 0 radical (unpaired) electrons. The van der Waals surface area contributed by atoms with Crippen LogP contribution in [0.3, 0.4) is 0 Å². The predicted molar refractivity (Wildman–Crippen MR) is 131 cm³/mol. The topological polar surface area (TPSA) is 97.3 Å². The van der Waals surface area contributed by atoms with Crippen LogP contribution in [0.15, 0.2) is 6.33 Å². The normalized spacial score (nSPS) is 26.6. The fourth-order valence-electron chi connectivity index (χ4n) is 3.95. The van der Waals surface area contributed by atoms with Crippen molar-refractivity contribution in [2.24, 2.45) is 0 Å². The molecule has 4 heterocycles. The van der Waals surface area contributed by atoms with E-state index in [0.717, 1.165) is 12.2 Å². The van der Waals surface area contributed by atoms with Crippen LogP contribution in [-0.2, 0) is 13.6 Å². The Balaban J connectivity index is 1.80. The van der Waals surface area contributed by atoms with Gasteiger partial charge in [-0.15, -0.1) is 0 Å². The molecule has 4 atom stereocenters. The molecule has 4 rings (SSSR count). The van der Waals surface area contributed by atoms with Gasteiger partial charge in [-0.25, -0.2) is 15.0 Å². The van der Waals surface area contributed by atoms with E-state index in [1.807, 2.05) is 0 Å². The van der Waals surface area contributed by atoms with E-state index in [0.29, 0.717) is 17.0 Å². The molecule has 8 nitrogen and oxygen atoms in total. The third kappa shape index (κ3) is 3.73. The van der Waals surface area contributed by atoms with Gasteiger partial charge in [0.05, 0.1) is 6.10 Å². The van der Waals surface area contributed by atoms with Crippen LogP contribution >= 0.6 is 0 Å². The number of nitrogen functional groups attached to an aromatic ring is 1. The number of ether oxygens (including phenoxy) is 1. The lowest BCUT2D eigenvalue weighted by molar-refractivity contribution is -0.103. The molecular weight excluding hydrogens is 438 g/mol. The van der Waals surface area contributed by atoms with Gasteiger partial charge in [0, 0.05) is 6.42 Å². The van der Waals surface area contributed by atoms with E-state index >= 15 is 0 Å². The molecule has 2 aromatic rings. The summed E-state index contributed by atoms with van der Waals surface area (Å²) in [5.74, 6) is 1.22. The molecule has 10 heteroatoms. The van der Waals surface area contributed by atoms with Gasteiger partial charge in [0.15, 0.2) is 33.6 Å². The Bertz CT molecular complexity index is 1020. The maximum atomic E-state index is 6.98. The van der Waals surface area contributed by atoms with Gasteiger partial charge < -0.3 is 19.3 Å². The average Bonchev–Trinajstić information content (AvgIpc) is 3.17. The van der Waals surface area contributed by atoms with Crippen LogP contribution in [-0.4, -0.2) is 48.4 Å². The summed E-state index contributed by atoms with van der Waals surface area (Å²) in [5.41, 5.74) is 7.46. The predicted octanol–water partition coefficient (Wildman–Crippen LogP) is 5.16. The number of rotatable bonds is 4. The zero-order chi connectivity index (χ0) is 23.9. The second-order valence-electron chi connectivity index (χ2n) is 12.3. The minimum Gasteiger partial charge on any atom is -0.411 e. The summed E-state index contributed by atoms with van der Waals surface area (Å²) >= 11 is 0. The zero-order valence-corrected chi connectivity index (χ0v) is 23.2. The zero-order valence-electron chi connectivity index (χ0n) is 21.2. The summed E-state index contributed by atoms with van der Waals surface area (Å²) in [6, 6.07) is 0. The SMILES string of the molecule is CC(C)(C)[Si](C)(C)O[C@H]1C[C@H]2O[C@@H]1[C@@H](O[Si](C)(C)C(C)(C)C)c1nc3c(N)ncnc3n12. The fraction of sp³-hybridized carbons (Fsp3) is 0.773. The van der Waals surface area contributed by atoms with E-state index < -0.39 is 16.6 Å². The molecule has 2 bridgehead atoms. The van der Waals surface area contributed by atoms with Crippen molar-refractivity contribution < 1.29 is 13.6 Å². The van der Waals surface area contributed by atoms with Gasteiger partial charge in [-0.3, -0.25) is 4.57 Å². The molecule has 2 aromatic heterocycles. The highest BCUT2D eigenvalue weighted by molar-refractivity contribution is 6.74. The van der Waals surface area contributed by atoms with Crippen molar-refractivity contribution in [2.45, 2.75) is 109 Å². The maximum absolute atomic E-state index is 6.98. The number of nitrogens with zero attached hydrogens (tertiary/aromatic N) is 4. The number of anilines is 1. The summed E-state index contributed by atoms with van der Waals surface area (Å²) in [5, 5.41) is 0.162. The van der Waals surface area contributed by atoms with E-state index in [1.165, 1.54) is 6.33 Å². The van der Waals surface area contributed by atoms with Crippen LogP contribution < -0.4 is 5.73 Å². The van der Waals surface area contributed by atoms with E-state index in [2.05, 4.69) is 82.3 Å². The third-order valence-electron chi connectivity index (χ3n) is 7.97. The first kappa shape index (κ1) is 23.8.